The molecule has 0 radical (unpaired) electrons. The fourth-order valence-electron chi connectivity index (χ4n) is 6.00. The molecule has 2 atom stereocenters. The molecule has 4 aromatic rings. The van der Waals surface area contributed by atoms with Crippen molar-refractivity contribution in [2.24, 2.45) is 0 Å². The van der Waals surface area contributed by atoms with Gasteiger partial charge in [0, 0.05) is 57.5 Å². The number of aromatic nitrogens is 2. The summed E-state index contributed by atoms with van der Waals surface area (Å²) in [4.78, 5) is 34.3. The van der Waals surface area contributed by atoms with Crippen LogP contribution in [0.25, 0.3) is 27.2 Å². The molecule has 226 valence electrons. The minimum Gasteiger partial charge on any atom is -0.477 e. The highest BCUT2D eigenvalue weighted by Crippen LogP contribution is 2.35. The second-order valence-corrected chi connectivity index (χ2v) is 12.0. The molecule has 1 N–H and O–H groups in total. The van der Waals surface area contributed by atoms with E-state index in [0.717, 1.165) is 71.2 Å². The molecule has 0 aliphatic carbocycles. The van der Waals surface area contributed by atoms with E-state index in [1.807, 2.05) is 42.5 Å². The molecule has 11 heteroatoms. The maximum atomic E-state index is 12.9. The molecule has 0 saturated carbocycles. The minimum atomic E-state index is -1.25. The number of nitrogens with zero attached hydrogens (tertiary/aromatic N) is 4. The zero-order valence-electron chi connectivity index (χ0n) is 24.4. The van der Waals surface area contributed by atoms with E-state index in [2.05, 4.69) is 9.80 Å². The summed E-state index contributed by atoms with van der Waals surface area (Å²) >= 11 is 1.62. The first kappa shape index (κ1) is 29.3. The van der Waals surface area contributed by atoms with Gasteiger partial charge < -0.3 is 33.7 Å². The number of fused-ring (bicyclic) bond motifs is 1. The van der Waals surface area contributed by atoms with Crippen LogP contribution >= 0.6 is 11.3 Å². The molecule has 2 unspecified atom stereocenters. The number of pyridine rings is 1. The van der Waals surface area contributed by atoms with Crippen LogP contribution in [0.4, 0.5) is 10.8 Å². The average Bonchev–Trinajstić information content (AvgIpc) is 3.77. The standard InChI is InChI=1S/C32H36N4O6S/c1-40-14-15-42-25-11-13-34(18-25)22-7-5-21(6-8-22)28-17-29(37)26(31(38)39)19-36(28)23-9-10-27-30(16-23)43-32(33-27)35-12-3-4-24(35)20-41-2/h5-10,16-17,19,24-25H,3-4,11-15,18,20H2,1-2H3,(H,38,39). The zero-order valence-corrected chi connectivity index (χ0v) is 25.2. The number of hydrogen-bond acceptors (Lipinski definition) is 9. The number of ether oxygens (including phenoxy) is 3. The highest BCUT2D eigenvalue weighted by molar-refractivity contribution is 7.22. The SMILES string of the molecule is COCCOC1CCN(c2ccc(-c3cc(=O)c(C(=O)O)cn3-c3ccc4nc(N5CCCC5COC)sc4c3)cc2)C1. The summed E-state index contributed by atoms with van der Waals surface area (Å²) in [6.07, 6.45) is 4.73. The molecular formula is C32H36N4O6S. The molecule has 2 aliphatic heterocycles. The van der Waals surface area contributed by atoms with Gasteiger partial charge in [-0.15, -0.1) is 0 Å². The third-order valence-corrected chi connectivity index (χ3v) is 9.27. The van der Waals surface area contributed by atoms with Crippen LogP contribution in [0.3, 0.4) is 0 Å². The number of thiazole rings is 1. The van der Waals surface area contributed by atoms with Crippen molar-refractivity contribution >= 4 is 38.3 Å². The van der Waals surface area contributed by atoms with Crippen LogP contribution < -0.4 is 15.2 Å². The molecule has 0 bridgehead atoms. The van der Waals surface area contributed by atoms with Crippen LogP contribution in [0.15, 0.2) is 59.5 Å². The van der Waals surface area contributed by atoms with E-state index in [-0.39, 0.29) is 11.7 Å². The lowest BCUT2D eigenvalue weighted by atomic mass is 10.1. The van der Waals surface area contributed by atoms with Crippen LogP contribution in [0, 0.1) is 0 Å². The molecule has 2 aromatic heterocycles. The lowest BCUT2D eigenvalue weighted by molar-refractivity contribution is 0.0280. The van der Waals surface area contributed by atoms with E-state index in [0.29, 0.717) is 31.6 Å². The Balaban J connectivity index is 1.31. The molecule has 2 fully saturated rings. The van der Waals surface area contributed by atoms with Crippen molar-refractivity contribution in [2.75, 3.05) is 63.5 Å². The fraction of sp³-hybridized carbons (Fsp3) is 0.406. The van der Waals surface area contributed by atoms with Crippen molar-refractivity contribution in [2.45, 2.75) is 31.4 Å². The zero-order chi connectivity index (χ0) is 29.9. The van der Waals surface area contributed by atoms with Gasteiger partial charge in [-0.1, -0.05) is 23.5 Å². The summed E-state index contributed by atoms with van der Waals surface area (Å²) < 4.78 is 19.2. The monoisotopic (exact) mass is 604 g/mol. The first-order valence-corrected chi connectivity index (χ1v) is 15.4. The van der Waals surface area contributed by atoms with Crippen molar-refractivity contribution in [3.63, 3.8) is 0 Å². The molecule has 2 aromatic carbocycles. The number of carboxylic acid groups (broad SMARTS) is 1. The first-order valence-electron chi connectivity index (χ1n) is 14.6. The van der Waals surface area contributed by atoms with Crippen molar-refractivity contribution in [1.29, 1.82) is 0 Å². The molecule has 6 rings (SSSR count). The molecule has 2 aliphatic rings. The molecule has 43 heavy (non-hydrogen) atoms. The number of carbonyl (C=O) groups is 1. The van der Waals surface area contributed by atoms with Gasteiger partial charge in [0.25, 0.3) is 0 Å². The number of benzene rings is 2. The number of rotatable bonds is 11. The Labute approximate surface area is 254 Å². The van der Waals surface area contributed by atoms with Crippen LogP contribution in [-0.2, 0) is 14.2 Å². The number of methoxy groups -OCH3 is 2. The molecule has 4 heterocycles. The number of aromatic carboxylic acids is 1. The van der Waals surface area contributed by atoms with Gasteiger partial charge in [-0.3, -0.25) is 4.79 Å². The van der Waals surface area contributed by atoms with E-state index in [1.165, 1.54) is 12.3 Å². The summed E-state index contributed by atoms with van der Waals surface area (Å²) in [5, 5.41) is 10.7. The Kier molecular flexibility index (Phi) is 8.75. The average molecular weight is 605 g/mol. The summed E-state index contributed by atoms with van der Waals surface area (Å²) in [6, 6.07) is 15.7. The quantitative estimate of drug-likeness (QED) is 0.245. The largest absolute Gasteiger partial charge is 0.477 e. The highest BCUT2D eigenvalue weighted by atomic mass is 32.1. The van der Waals surface area contributed by atoms with Crippen molar-refractivity contribution in [3.05, 3.63) is 70.5 Å². The van der Waals surface area contributed by atoms with Crippen LogP contribution in [0.2, 0.25) is 0 Å². The van der Waals surface area contributed by atoms with Crippen LogP contribution in [-0.4, -0.2) is 86.4 Å². The van der Waals surface area contributed by atoms with Gasteiger partial charge >= 0.3 is 5.97 Å². The Morgan fingerprint density at radius 1 is 1.02 bits per heavy atom. The summed E-state index contributed by atoms with van der Waals surface area (Å²) in [7, 11) is 3.40. The van der Waals surface area contributed by atoms with Gasteiger partial charge in [0.2, 0.25) is 0 Å². The Morgan fingerprint density at radius 2 is 1.84 bits per heavy atom. The second-order valence-electron chi connectivity index (χ2n) is 11.0. The van der Waals surface area contributed by atoms with Crippen LogP contribution in [0.5, 0.6) is 0 Å². The lowest BCUT2D eigenvalue weighted by Crippen LogP contribution is -2.32. The molecule has 0 amide bonds. The van der Waals surface area contributed by atoms with Crippen molar-refractivity contribution < 1.29 is 24.1 Å². The number of carboxylic acids is 1. The number of anilines is 2. The summed E-state index contributed by atoms with van der Waals surface area (Å²) in [5.41, 5.74) is 3.34. The lowest BCUT2D eigenvalue weighted by Gasteiger charge is -2.22. The Hall–Kier alpha value is -3.77. The fourth-order valence-corrected chi connectivity index (χ4v) is 7.09. The Morgan fingerprint density at radius 3 is 2.60 bits per heavy atom. The smallest absolute Gasteiger partial charge is 0.341 e. The third kappa shape index (κ3) is 6.16. The molecule has 2 saturated heterocycles. The summed E-state index contributed by atoms with van der Waals surface area (Å²) in [6.45, 7) is 4.48. The Bertz CT molecular complexity index is 1650. The first-order chi connectivity index (χ1) is 20.9. The second kappa shape index (κ2) is 12.8. The van der Waals surface area contributed by atoms with Crippen LogP contribution in [0.1, 0.15) is 29.6 Å². The van der Waals surface area contributed by atoms with Crippen molar-refractivity contribution in [3.8, 4) is 16.9 Å². The topological polar surface area (TPSA) is 106 Å². The molecular weight excluding hydrogens is 568 g/mol. The van der Waals surface area contributed by atoms with E-state index >= 15 is 0 Å². The highest BCUT2D eigenvalue weighted by Gasteiger charge is 2.27. The van der Waals surface area contributed by atoms with E-state index < -0.39 is 11.4 Å². The van der Waals surface area contributed by atoms with Gasteiger partial charge in [-0.05, 0) is 55.2 Å². The minimum absolute atomic E-state index is 0.169. The predicted octanol–water partition coefficient (Wildman–Crippen LogP) is 4.67. The molecule has 0 spiro atoms. The van der Waals surface area contributed by atoms with E-state index in [4.69, 9.17) is 19.2 Å². The van der Waals surface area contributed by atoms with Gasteiger partial charge in [0.05, 0.1) is 47.9 Å². The molecule has 10 nitrogen and oxygen atoms in total. The van der Waals surface area contributed by atoms with Crippen molar-refractivity contribution in [1.82, 2.24) is 9.55 Å². The van der Waals surface area contributed by atoms with Gasteiger partial charge in [-0.2, -0.15) is 0 Å². The van der Waals surface area contributed by atoms with Gasteiger partial charge in [-0.25, -0.2) is 9.78 Å². The maximum Gasteiger partial charge on any atom is 0.341 e. The predicted molar refractivity (Wildman–Crippen MR) is 168 cm³/mol. The summed E-state index contributed by atoms with van der Waals surface area (Å²) in [5.74, 6) is -1.25. The van der Waals surface area contributed by atoms with Gasteiger partial charge in [0.1, 0.15) is 5.56 Å². The normalized spacial score (nSPS) is 18.7. The van der Waals surface area contributed by atoms with E-state index in [1.54, 1.807) is 30.1 Å². The van der Waals surface area contributed by atoms with E-state index in [9.17, 15) is 14.7 Å². The third-order valence-electron chi connectivity index (χ3n) is 8.22. The van der Waals surface area contributed by atoms with Gasteiger partial charge in [0.15, 0.2) is 10.6 Å². The maximum absolute atomic E-state index is 12.9. The number of hydrogen-bond donors (Lipinski definition) is 1.